The molecule has 6 nitrogen and oxygen atoms in total. The molecule has 0 fully saturated rings. The first kappa shape index (κ1) is 12.9. The fourth-order valence-corrected chi connectivity index (χ4v) is 1.16. The van der Waals surface area contributed by atoms with Gasteiger partial charge in [-0.3, -0.25) is 14.9 Å². The summed E-state index contributed by atoms with van der Waals surface area (Å²) in [6.45, 7) is 0. The standard InChI is InChI=1S/C9H8F2N2O4/c1-17-8(14)3-5-2-6(9(10)11)12-4-7(5)13(15)16/h2,4,9H,3H2,1H3. The zero-order chi connectivity index (χ0) is 13.0. The molecule has 0 saturated carbocycles. The second kappa shape index (κ2) is 5.28. The molecular weight excluding hydrogens is 238 g/mol. The van der Waals surface area contributed by atoms with E-state index in [0.29, 0.717) is 6.20 Å². The average Bonchev–Trinajstić information content (AvgIpc) is 2.28. The van der Waals surface area contributed by atoms with Gasteiger partial charge in [0.05, 0.1) is 18.5 Å². The van der Waals surface area contributed by atoms with Gasteiger partial charge in [0.2, 0.25) is 0 Å². The van der Waals surface area contributed by atoms with E-state index >= 15 is 0 Å². The minimum Gasteiger partial charge on any atom is -0.469 e. The normalized spacial score (nSPS) is 10.4. The second-order valence-corrected chi connectivity index (χ2v) is 3.05. The number of alkyl halides is 2. The van der Waals surface area contributed by atoms with Crippen LogP contribution in [-0.2, 0) is 16.0 Å². The number of esters is 1. The van der Waals surface area contributed by atoms with Crippen molar-refractivity contribution in [3.8, 4) is 0 Å². The van der Waals surface area contributed by atoms with Crippen LogP contribution in [0.25, 0.3) is 0 Å². The minimum absolute atomic E-state index is 0.146. The van der Waals surface area contributed by atoms with Crippen molar-refractivity contribution in [2.75, 3.05) is 7.11 Å². The molecule has 0 aliphatic heterocycles. The lowest BCUT2D eigenvalue weighted by Gasteiger charge is -2.04. The molecule has 1 rings (SSSR count). The molecule has 1 heterocycles. The number of hydrogen-bond acceptors (Lipinski definition) is 5. The summed E-state index contributed by atoms with van der Waals surface area (Å²) < 4.78 is 29.0. The lowest BCUT2D eigenvalue weighted by atomic mass is 10.1. The number of nitrogens with zero attached hydrogens (tertiary/aromatic N) is 2. The Morgan fingerprint density at radius 3 is 2.76 bits per heavy atom. The second-order valence-electron chi connectivity index (χ2n) is 3.05. The van der Waals surface area contributed by atoms with E-state index in [0.717, 1.165) is 13.2 Å². The van der Waals surface area contributed by atoms with Crippen LogP contribution >= 0.6 is 0 Å². The Bertz CT molecular complexity index is 451. The van der Waals surface area contributed by atoms with E-state index < -0.39 is 35.1 Å². The molecular formula is C9H8F2N2O4. The number of aromatic nitrogens is 1. The van der Waals surface area contributed by atoms with E-state index in [-0.39, 0.29) is 5.56 Å². The number of ether oxygens (including phenoxy) is 1. The highest BCUT2D eigenvalue weighted by Gasteiger charge is 2.21. The van der Waals surface area contributed by atoms with E-state index in [1.54, 1.807) is 0 Å². The van der Waals surface area contributed by atoms with Crippen LogP contribution in [0.5, 0.6) is 0 Å². The van der Waals surface area contributed by atoms with Gasteiger partial charge in [0.15, 0.2) is 0 Å². The van der Waals surface area contributed by atoms with Crippen molar-refractivity contribution in [2.45, 2.75) is 12.8 Å². The molecule has 0 unspecified atom stereocenters. The van der Waals surface area contributed by atoms with E-state index in [2.05, 4.69) is 9.72 Å². The van der Waals surface area contributed by atoms with E-state index in [4.69, 9.17) is 0 Å². The Morgan fingerprint density at radius 1 is 1.65 bits per heavy atom. The van der Waals surface area contributed by atoms with Gasteiger partial charge in [0, 0.05) is 5.56 Å². The first-order valence-electron chi connectivity index (χ1n) is 4.44. The molecule has 1 aromatic rings. The minimum atomic E-state index is -2.85. The number of methoxy groups -OCH3 is 1. The monoisotopic (exact) mass is 246 g/mol. The molecule has 17 heavy (non-hydrogen) atoms. The Hall–Kier alpha value is -2.12. The largest absolute Gasteiger partial charge is 0.469 e. The molecule has 0 spiro atoms. The summed E-state index contributed by atoms with van der Waals surface area (Å²) in [6.07, 6.45) is -2.60. The zero-order valence-electron chi connectivity index (χ0n) is 8.72. The van der Waals surface area contributed by atoms with Gasteiger partial charge in [-0.15, -0.1) is 0 Å². The van der Waals surface area contributed by atoms with E-state index in [9.17, 15) is 23.7 Å². The van der Waals surface area contributed by atoms with Crippen molar-refractivity contribution < 1.29 is 23.2 Å². The summed E-state index contributed by atoms with van der Waals surface area (Å²) in [5, 5.41) is 10.6. The number of nitro groups is 1. The molecule has 0 amide bonds. The van der Waals surface area contributed by atoms with Crippen molar-refractivity contribution in [3.05, 3.63) is 33.6 Å². The average molecular weight is 246 g/mol. The molecule has 0 aromatic carbocycles. The van der Waals surface area contributed by atoms with Crippen molar-refractivity contribution in [3.63, 3.8) is 0 Å². The molecule has 0 bridgehead atoms. The van der Waals surface area contributed by atoms with Gasteiger partial charge in [0.25, 0.3) is 12.1 Å². The fourth-order valence-electron chi connectivity index (χ4n) is 1.16. The highest BCUT2D eigenvalue weighted by molar-refractivity contribution is 5.73. The third kappa shape index (κ3) is 3.16. The molecule has 92 valence electrons. The van der Waals surface area contributed by atoms with Gasteiger partial charge < -0.3 is 4.74 Å². The number of hydrogen-bond donors (Lipinski definition) is 0. The topological polar surface area (TPSA) is 82.3 Å². The maximum absolute atomic E-state index is 12.4. The van der Waals surface area contributed by atoms with Crippen LogP contribution in [0.4, 0.5) is 14.5 Å². The summed E-state index contributed by atoms with van der Waals surface area (Å²) in [7, 11) is 1.10. The zero-order valence-corrected chi connectivity index (χ0v) is 8.72. The predicted octanol–water partition coefficient (Wildman–Crippen LogP) is 1.64. The van der Waals surface area contributed by atoms with Gasteiger partial charge in [-0.1, -0.05) is 0 Å². The first-order chi connectivity index (χ1) is 7.95. The third-order valence-corrected chi connectivity index (χ3v) is 1.97. The summed E-state index contributed by atoms with van der Waals surface area (Å²) in [5.41, 5.74) is -1.25. The summed E-state index contributed by atoms with van der Waals surface area (Å²) >= 11 is 0. The van der Waals surface area contributed by atoms with Gasteiger partial charge >= 0.3 is 5.97 Å². The third-order valence-electron chi connectivity index (χ3n) is 1.97. The van der Waals surface area contributed by atoms with Crippen LogP contribution in [0.3, 0.4) is 0 Å². The molecule has 0 aliphatic rings. The lowest BCUT2D eigenvalue weighted by Crippen LogP contribution is -2.08. The van der Waals surface area contributed by atoms with E-state index in [1.165, 1.54) is 0 Å². The maximum atomic E-state index is 12.4. The van der Waals surface area contributed by atoms with Crippen LogP contribution in [0.2, 0.25) is 0 Å². The molecule has 0 atom stereocenters. The van der Waals surface area contributed by atoms with Crippen molar-refractivity contribution in [1.29, 1.82) is 0 Å². The van der Waals surface area contributed by atoms with Gasteiger partial charge in [-0.05, 0) is 6.07 Å². The number of pyridine rings is 1. The summed E-state index contributed by atoms with van der Waals surface area (Å²) in [6, 6.07) is 0.833. The molecule has 0 saturated heterocycles. The molecule has 0 aliphatic carbocycles. The number of rotatable bonds is 4. The van der Waals surface area contributed by atoms with Crippen LogP contribution < -0.4 is 0 Å². The molecule has 1 aromatic heterocycles. The summed E-state index contributed by atoms with van der Waals surface area (Å²) in [4.78, 5) is 24.0. The van der Waals surface area contributed by atoms with E-state index in [1.807, 2.05) is 0 Å². The molecule has 0 N–H and O–H groups in total. The summed E-state index contributed by atoms with van der Waals surface area (Å²) in [5.74, 6) is -0.750. The van der Waals surface area contributed by atoms with Gasteiger partial charge in [-0.2, -0.15) is 0 Å². The fraction of sp³-hybridized carbons (Fsp3) is 0.333. The molecule has 0 radical (unpaired) electrons. The molecule has 8 heteroatoms. The first-order valence-corrected chi connectivity index (χ1v) is 4.44. The lowest BCUT2D eigenvalue weighted by molar-refractivity contribution is -0.385. The van der Waals surface area contributed by atoms with Crippen LogP contribution in [0.1, 0.15) is 17.7 Å². The Kier molecular flexibility index (Phi) is 4.02. The van der Waals surface area contributed by atoms with Crippen molar-refractivity contribution in [1.82, 2.24) is 4.98 Å². The van der Waals surface area contributed by atoms with Crippen LogP contribution in [0, 0.1) is 10.1 Å². The van der Waals surface area contributed by atoms with Crippen molar-refractivity contribution in [2.24, 2.45) is 0 Å². The quantitative estimate of drug-likeness (QED) is 0.458. The van der Waals surface area contributed by atoms with Crippen LogP contribution in [-0.4, -0.2) is 23.0 Å². The smallest absolute Gasteiger partial charge is 0.310 e. The number of carbonyl (C=O) groups is 1. The highest BCUT2D eigenvalue weighted by atomic mass is 19.3. The van der Waals surface area contributed by atoms with Gasteiger partial charge in [0.1, 0.15) is 11.9 Å². The highest BCUT2D eigenvalue weighted by Crippen LogP contribution is 2.24. The predicted molar refractivity (Wildman–Crippen MR) is 51.6 cm³/mol. The number of carbonyl (C=O) groups excluding carboxylic acids is 1. The van der Waals surface area contributed by atoms with Gasteiger partial charge in [-0.25, -0.2) is 13.8 Å². The van der Waals surface area contributed by atoms with Crippen LogP contribution in [0.15, 0.2) is 12.3 Å². The van der Waals surface area contributed by atoms with Crippen molar-refractivity contribution >= 4 is 11.7 Å². The Morgan fingerprint density at radius 2 is 2.29 bits per heavy atom. The Balaban J connectivity index is 3.15. The number of halogens is 2. The SMILES string of the molecule is COC(=O)Cc1cc(C(F)F)ncc1[N+](=O)[O-]. The Labute approximate surface area is 94.4 Å². The maximum Gasteiger partial charge on any atom is 0.310 e.